The number of nitrogen functional groups attached to an aromatic ring is 1. The molecule has 0 aromatic carbocycles. The molecule has 0 unspecified atom stereocenters. The van der Waals surface area contributed by atoms with Crippen LogP contribution >= 0.6 is 0 Å². The number of hydrogen-bond acceptors (Lipinski definition) is 4. The van der Waals surface area contributed by atoms with Gasteiger partial charge in [0.05, 0.1) is 11.4 Å². The zero-order chi connectivity index (χ0) is 14.1. The molecule has 2 aromatic heterocycles. The molecular formula is C14H17N5O. The third kappa shape index (κ3) is 2.49. The lowest BCUT2D eigenvalue weighted by Gasteiger charge is -2.04. The number of nitrogens with zero attached hydrogens (tertiary/aromatic N) is 2. The van der Waals surface area contributed by atoms with Crippen LogP contribution in [-0.2, 0) is 6.54 Å². The first-order valence-electron chi connectivity index (χ1n) is 6.68. The maximum atomic E-state index is 12.1. The lowest BCUT2D eigenvalue weighted by molar-refractivity contribution is 0.0947. The van der Waals surface area contributed by atoms with Crippen molar-refractivity contribution in [2.24, 2.45) is 0 Å². The van der Waals surface area contributed by atoms with E-state index < -0.39 is 0 Å². The summed E-state index contributed by atoms with van der Waals surface area (Å²) in [6, 6.07) is 3.85. The Morgan fingerprint density at radius 2 is 2.30 bits per heavy atom. The molecule has 0 bridgehead atoms. The molecule has 6 heteroatoms. The number of aromatic amines is 1. The summed E-state index contributed by atoms with van der Waals surface area (Å²) in [5, 5.41) is 9.71. The second kappa shape index (κ2) is 4.96. The van der Waals surface area contributed by atoms with Crippen molar-refractivity contribution in [1.82, 2.24) is 20.5 Å². The van der Waals surface area contributed by atoms with Crippen LogP contribution in [0.5, 0.6) is 0 Å². The quantitative estimate of drug-likeness (QED) is 0.785. The molecule has 0 aliphatic heterocycles. The van der Waals surface area contributed by atoms with Gasteiger partial charge in [-0.05, 0) is 31.4 Å². The SMILES string of the molecule is Cc1ccc(CNC(=O)c2n[nH]c(C3CC3)c2N)cn1. The van der Waals surface area contributed by atoms with Crippen molar-refractivity contribution in [3.63, 3.8) is 0 Å². The molecule has 1 aliphatic rings. The predicted octanol–water partition coefficient (Wildman–Crippen LogP) is 1.50. The van der Waals surface area contributed by atoms with Crippen molar-refractivity contribution >= 4 is 11.6 Å². The van der Waals surface area contributed by atoms with E-state index in [4.69, 9.17) is 5.73 Å². The molecule has 3 rings (SSSR count). The molecule has 1 amide bonds. The van der Waals surface area contributed by atoms with Crippen LogP contribution in [-0.4, -0.2) is 21.1 Å². The number of aromatic nitrogens is 3. The largest absolute Gasteiger partial charge is 0.395 e. The van der Waals surface area contributed by atoms with Crippen molar-refractivity contribution < 1.29 is 4.79 Å². The van der Waals surface area contributed by atoms with Gasteiger partial charge >= 0.3 is 0 Å². The van der Waals surface area contributed by atoms with Crippen LogP contribution in [0.4, 0.5) is 5.69 Å². The van der Waals surface area contributed by atoms with Gasteiger partial charge in [-0.1, -0.05) is 6.07 Å². The molecule has 0 atom stereocenters. The standard InChI is InChI=1S/C14H17N5O/c1-8-2-3-9(6-16-8)7-17-14(20)13-11(15)12(18-19-13)10-4-5-10/h2-3,6,10H,4-5,7,15H2,1H3,(H,17,20)(H,18,19). The maximum Gasteiger partial charge on any atom is 0.274 e. The number of hydrogen-bond donors (Lipinski definition) is 3. The minimum absolute atomic E-state index is 0.258. The second-order valence-corrected chi connectivity index (χ2v) is 5.16. The Kier molecular flexibility index (Phi) is 3.14. The summed E-state index contributed by atoms with van der Waals surface area (Å²) in [5.41, 5.74) is 9.52. The fourth-order valence-electron chi connectivity index (χ4n) is 2.09. The highest BCUT2D eigenvalue weighted by molar-refractivity contribution is 5.97. The molecular weight excluding hydrogens is 254 g/mol. The van der Waals surface area contributed by atoms with E-state index in [9.17, 15) is 4.79 Å². The number of pyridine rings is 1. The van der Waals surface area contributed by atoms with Crippen LogP contribution in [0.2, 0.25) is 0 Å². The van der Waals surface area contributed by atoms with Gasteiger partial charge in [-0.15, -0.1) is 0 Å². The van der Waals surface area contributed by atoms with E-state index in [0.29, 0.717) is 18.2 Å². The summed E-state index contributed by atoms with van der Waals surface area (Å²) in [7, 11) is 0. The highest BCUT2D eigenvalue weighted by Gasteiger charge is 2.30. The number of nitrogens with two attached hydrogens (primary N) is 1. The van der Waals surface area contributed by atoms with Crippen molar-refractivity contribution in [3.8, 4) is 0 Å². The van der Waals surface area contributed by atoms with Crippen LogP contribution < -0.4 is 11.1 Å². The van der Waals surface area contributed by atoms with E-state index >= 15 is 0 Å². The molecule has 6 nitrogen and oxygen atoms in total. The number of nitrogens with one attached hydrogen (secondary N) is 2. The van der Waals surface area contributed by atoms with E-state index in [1.54, 1.807) is 6.20 Å². The molecule has 2 aromatic rings. The van der Waals surface area contributed by atoms with Crippen LogP contribution in [0.3, 0.4) is 0 Å². The van der Waals surface area contributed by atoms with E-state index in [1.807, 2.05) is 19.1 Å². The molecule has 104 valence electrons. The van der Waals surface area contributed by atoms with E-state index in [1.165, 1.54) is 0 Å². The minimum Gasteiger partial charge on any atom is -0.395 e. The summed E-state index contributed by atoms with van der Waals surface area (Å²) < 4.78 is 0. The minimum atomic E-state index is -0.258. The third-order valence-electron chi connectivity index (χ3n) is 3.46. The number of rotatable bonds is 4. The van der Waals surface area contributed by atoms with Crippen molar-refractivity contribution in [1.29, 1.82) is 0 Å². The number of aryl methyl sites for hydroxylation is 1. The Labute approximate surface area is 116 Å². The Bertz CT molecular complexity index is 628. The van der Waals surface area contributed by atoms with Crippen LogP contribution in [0.1, 0.15) is 46.2 Å². The molecule has 0 saturated heterocycles. The molecule has 4 N–H and O–H groups in total. The summed E-state index contributed by atoms with van der Waals surface area (Å²) >= 11 is 0. The van der Waals surface area contributed by atoms with Crippen LogP contribution in [0.25, 0.3) is 0 Å². The van der Waals surface area contributed by atoms with Gasteiger partial charge in [0.2, 0.25) is 0 Å². The highest BCUT2D eigenvalue weighted by Crippen LogP contribution is 2.42. The molecule has 2 heterocycles. The van der Waals surface area contributed by atoms with Crippen molar-refractivity contribution in [3.05, 3.63) is 41.0 Å². The van der Waals surface area contributed by atoms with Crippen molar-refractivity contribution in [2.75, 3.05) is 5.73 Å². The molecule has 1 saturated carbocycles. The number of anilines is 1. The average molecular weight is 271 g/mol. The van der Waals surface area contributed by atoms with E-state index in [0.717, 1.165) is 29.8 Å². The monoisotopic (exact) mass is 271 g/mol. The smallest absolute Gasteiger partial charge is 0.274 e. The summed E-state index contributed by atoms with van der Waals surface area (Å²) in [6.45, 7) is 2.34. The highest BCUT2D eigenvalue weighted by atomic mass is 16.1. The first-order valence-corrected chi connectivity index (χ1v) is 6.68. The van der Waals surface area contributed by atoms with Crippen LogP contribution in [0, 0.1) is 6.92 Å². The predicted molar refractivity (Wildman–Crippen MR) is 75.1 cm³/mol. The fourth-order valence-corrected chi connectivity index (χ4v) is 2.09. The van der Waals surface area contributed by atoms with Crippen molar-refractivity contribution in [2.45, 2.75) is 32.2 Å². The van der Waals surface area contributed by atoms with Gasteiger partial charge in [-0.2, -0.15) is 5.10 Å². The summed E-state index contributed by atoms with van der Waals surface area (Å²) in [5.74, 6) is 0.191. The van der Waals surface area contributed by atoms with Gasteiger partial charge in [0.25, 0.3) is 5.91 Å². The number of carbonyl (C=O) groups is 1. The Morgan fingerprint density at radius 3 is 2.95 bits per heavy atom. The zero-order valence-electron chi connectivity index (χ0n) is 11.3. The zero-order valence-corrected chi connectivity index (χ0v) is 11.3. The van der Waals surface area contributed by atoms with Crippen LogP contribution in [0.15, 0.2) is 18.3 Å². The van der Waals surface area contributed by atoms with E-state index in [2.05, 4.69) is 20.5 Å². The molecule has 0 spiro atoms. The Morgan fingerprint density at radius 1 is 1.50 bits per heavy atom. The lowest BCUT2D eigenvalue weighted by atomic mass is 10.2. The third-order valence-corrected chi connectivity index (χ3v) is 3.46. The van der Waals surface area contributed by atoms with E-state index in [-0.39, 0.29) is 11.6 Å². The van der Waals surface area contributed by atoms with Gasteiger partial charge in [-0.25, -0.2) is 0 Å². The topological polar surface area (TPSA) is 96.7 Å². The number of carbonyl (C=O) groups excluding carboxylic acids is 1. The van der Waals surface area contributed by atoms with Gasteiger partial charge in [0.1, 0.15) is 0 Å². The average Bonchev–Trinajstić information content (AvgIpc) is 3.21. The molecule has 20 heavy (non-hydrogen) atoms. The molecule has 1 fully saturated rings. The Balaban J connectivity index is 1.65. The first kappa shape index (κ1) is 12.7. The van der Waals surface area contributed by atoms with Gasteiger partial charge in [-0.3, -0.25) is 14.9 Å². The number of amides is 1. The second-order valence-electron chi connectivity index (χ2n) is 5.16. The summed E-state index contributed by atoms with van der Waals surface area (Å²) in [4.78, 5) is 16.3. The molecule has 0 radical (unpaired) electrons. The van der Waals surface area contributed by atoms with Gasteiger partial charge in [0.15, 0.2) is 5.69 Å². The normalized spacial score (nSPS) is 14.2. The number of H-pyrrole nitrogens is 1. The Hall–Kier alpha value is -2.37. The van der Waals surface area contributed by atoms with Gasteiger partial charge in [0, 0.05) is 24.4 Å². The maximum absolute atomic E-state index is 12.1. The molecule has 1 aliphatic carbocycles. The first-order chi connectivity index (χ1) is 9.65. The lowest BCUT2D eigenvalue weighted by Crippen LogP contribution is -2.24. The fraction of sp³-hybridized carbons (Fsp3) is 0.357. The van der Waals surface area contributed by atoms with Gasteiger partial charge < -0.3 is 11.1 Å². The summed E-state index contributed by atoms with van der Waals surface area (Å²) in [6.07, 6.45) is 3.98.